The number of carbonyl (C=O) groups excluding carboxylic acids is 1. The monoisotopic (exact) mass is 307 g/mol. The second-order valence-electron chi connectivity index (χ2n) is 5.86. The fourth-order valence-electron chi connectivity index (χ4n) is 2.69. The normalized spacial score (nSPS) is 20.8. The number of hydrogen-bond acceptors (Lipinski definition) is 4. The van der Waals surface area contributed by atoms with E-state index in [1.54, 1.807) is 24.0 Å². The number of methoxy groups -OCH3 is 2. The summed E-state index contributed by atoms with van der Waals surface area (Å²) in [4.78, 5) is 25.6. The van der Waals surface area contributed by atoms with Crippen LogP contribution in [0.3, 0.4) is 0 Å². The van der Waals surface area contributed by atoms with Gasteiger partial charge in [0.2, 0.25) is 0 Å². The second kappa shape index (κ2) is 5.87. The van der Waals surface area contributed by atoms with Gasteiger partial charge >= 0.3 is 5.97 Å². The number of nitrogens with zero attached hydrogens (tertiary/aromatic N) is 1. The van der Waals surface area contributed by atoms with E-state index in [2.05, 4.69) is 0 Å². The number of likely N-dealkylation sites (tertiary alicyclic amines) is 1. The van der Waals surface area contributed by atoms with Crippen LogP contribution < -0.4 is 9.47 Å². The third-order valence-electron chi connectivity index (χ3n) is 4.24. The molecule has 1 aromatic carbocycles. The molecule has 1 amide bonds. The van der Waals surface area contributed by atoms with E-state index in [0.717, 1.165) is 5.56 Å². The van der Waals surface area contributed by atoms with Gasteiger partial charge in [-0.2, -0.15) is 0 Å². The number of aryl methyl sites for hydroxylation is 1. The summed E-state index contributed by atoms with van der Waals surface area (Å²) in [5.74, 6) is 0.000232. The van der Waals surface area contributed by atoms with Gasteiger partial charge in [0.05, 0.1) is 19.6 Å². The van der Waals surface area contributed by atoms with Crippen molar-refractivity contribution in [3.63, 3.8) is 0 Å². The Morgan fingerprint density at radius 2 is 1.82 bits per heavy atom. The van der Waals surface area contributed by atoms with Gasteiger partial charge in [0.1, 0.15) is 0 Å². The fourth-order valence-corrected chi connectivity index (χ4v) is 2.69. The lowest BCUT2D eigenvalue weighted by Crippen LogP contribution is -2.35. The maximum absolute atomic E-state index is 12.7. The molecule has 0 spiro atoms. The average Bonchev–Trinajstić information content (AvgIpc) is 2.90. The summed E-state index contributed by atoms with van der Waals surface area (Å²) in [6.07, 6.45) is 0.459. The first-order chi connectivity index (χ1) is 10.3. The third-order valence-corrected chi connectivity index (χ3v) is 4.24. The molecule has 1 atom stereocenters. The number of benzene rings is 1. The minimum atomic E-state index is -0.875. The van der Waals surface area contributed by atoms with Crippen molar-refractivity contribution >= 4 is 11.9 Å². The average molecular weight is 307 g/mol. The van der Waals surface area contributed by atoms with Gasteiger partial charge in [-0.3, -0.25) is 9.59 Å². The molecule has 6 nitrogen and oxygen atoms in total. The van der Waals surface area contributed by atoms with E-state index < -0.39 is 11.4 Å². The first-order valence-electron chi connectivity index (χ1n) is 7.07. The van der Waals surface area contributed by atoms with Crippen molar-refractivity contribution in [2.45, 2.75) is 20.3 Å². The number of carbonyl (C=O) groups is 2. The molecule has 1 saturated heterocycles. The first kappa shape index (κ1) is 16.1. The van der Waals surface area contributed by atoms with Gasteiger partial charge in [-0.15, -0.1) is 0 Å². The van der Waals surface area contributed by atoms with Gasteiger partial charge in [-0.05, 0) is 38.0 Å². The molecule has 1 aliphatic rings. The lowest BCUT2D eigenvalue weighted by molar-refractivity contribution is -0.147. The highest BCUT2D eigenvalue weighted by Gasteiger charge is 2.42. The van der Waals surface area contributed by atoms with Crippen LogP contribution in [0.5, 0.6) is 11.5 Å². The molecular weight excluding hydrogens is 286 g/mol. The van der Waals surface area contributed by atoms with E-state index in [0.29, 0.717) is 30.0 Å². The Labute approximate surface area is 129 Å². The molecule has 0 aliphatic carbocycles. The molecule has 22 heavy (non-hydrogen) atoms. The number of carboxylic acid groups (broad SMARTS) is 1. The zero-order chi connectivity index (χ0) is 16.5. The van der Waals surface area contributed by atoms with Gasteiger partial charge in [0.15, 0.2) is 11.5 Å². The van der Waals surface area contributed by atoms with Crippen molar-refractivity contribution < 1.29 is 24.2 Å². The Morgan fingerprint density at radius 3 is 2.32 bits per heavy atom. The number of amides is 1. The molecule has 0 saturated carbocycles. The van der Waals surface area contributed by atoms with Crippen LogP contribution in [0.1, 0.15) is 29.3 Å². The van der Waals surface area contributed by atoms with Crippen LogP contribution in [0.25, 0.3) is 0 Å². The van der Waals surface area contributed by atoms with Crippen LogP contribution in [0.2, 0.25) is 0 Å². The Balaban J connectivity index is 2.29. The number of carboxylic acids is 1. The Bertz CT molecular complexity index is 613. The van der Waals surface area contributed by atoms with Crippen molar-refractivity contribution in [1.82, 2.24) is 4.90 Å². The van der Waals surface area contributed by atoms with Crippen molar-refractivity contribution in [3.8, 4) is 11.5 Å². The highest BCUT2D eigenvalue weighted by Crippen LogP contribution is 2.34. The maximum atomic E-state index is 12.7. The Hall–Kier alpha value is -2.24. The largest absolute Gasteiger partial charge is 0.493 e. The predicted molar refractivity (Wildman–Crippen MR) is 80.5 cm³/mol. The summed E-state index contributed by atoms with van der Waals surface area (Å²) in [7, 11) is 3.05. The summed E-state index contributed by atoms with van der Waals surface area (Å²) >= 11 is 0. The third kappa shape index (κ3) is 2.73. The van der Waals surface area contributed by atoms with Crippen molar-refractivity contribution in [1.29, 1.82) is 0 Å². The molecule has 0 radical (unpaired) electrons. The van der Waals surface area contributed by atoms with Crippen LogP contribution in [0.15, 0.2) is 12.1 Å². The summed E-state index contributed by atoms with van der Waals surface area (Å²) in [5.41, 5.74) is 0.402. The van der Waals surface area contributed by atoms with E-state index in [4.69, 9.17) is 9.47 Å². The Morgan fingerprint density at radius 1 is 1.23 bits per heavy atom. The quantitative estimate of drug-likeness (QED) is 0.920. The topological polar surface area (TPSA) is 76.1 Å². The summed E-state index contributed by atoms with van der Waals surface area (Å²) in [6.45, 7) is 4.15. The summed E-state index contributed by atoms with van der Waals surface area (Å²) < 4.78 is 10.4. The predicted octanol–water partition coefficient (Wildman–Crippen LogP) is 1.95. The lowest BCUT2D eigenvalue weighted by atomic mass is 9.90. The van der Waals surface area contributed by atoms with Crippen molar-refractivity contribution in [3.05, 3.63) is 23.3 Å². The Kier molecular flexibility index (Phi) is 4.30. The van der Waals surface area contributed by atoms with Gasteiger partial charge in [-0.25, -0.2) is 0 Å². The summed E-state index contributed by atoms with van der Waals surface area (Å²) in [5, 5.41) is 9.27. The number of rotatable bonds is 4. The van der Waals surface area contributed by atoms with E-state index in [1.165, 1.54) is 14.2 Å². The highest BCUT2D eigenvalue weighted by molar-refractivity contribution is 5.97. The second-order valence-corrected chi connectivity index (χ2v) is 5.86. The number of aliphatic carboxylic acids is 1. The molecule has 1 unspecified atom stereocenters. The van der Waals surface area contributed by atoms with Crippen molar-refractivity contribution in [2.24, 2.45) is 5.41 Å². The maximum Gasteiger partial charge on any atom is 0.311 e. The fraction of sp³-hybridized carbons (Fsp3) is 0.500. The molecular formula is C16H21NO5. The van der Waals surface area contributed by atoms with E-state index in [-0.39, 0.29) is 12.5 Å². The van der Waals surface area contributed by atoms with Crippen LogP contribution in [-0.4, -0.2) is 49.2 Å². The van der Waals surface area contributed by atoms with Gasteiger partial charge < -0.3 is 19.5 Å². The van der Waals surface area contributed by atoms with Gasteiger partial charge in [-0.1, -0.05) is 0 Å². The molecule has 0 bridgehead atoms. The highest BCUT2D eigenvalue weighted by atomic mass is 16.5. The minimum Gasteiger partial charge on any atom is -0.493 e. The zero-order valence-electron chi connectivity index (χ0n) is 13.3. The zero-order valence-corrected chi connectivity index (χ0v) is 13.3. The first-order valence-corrected chi connectivity index (χ1v) is 7.07. The lowest BCUT2D eigenvalue weighted by Gasteiger charge is -2.21. The standard InChI is InChI=1S/C16H21NO5/c1-10-7-12(21-3)13(22-4)8-11(10)14(18)17-6-5-16(2,9-17)15(19)20/h7-8H,5-6,9H2,1-4H3,(H,19,20). The number of ether oxygens (including phenoxy) is 2. The van der Waals surface area contributed by atoms with Crippen molar-refractivity contribution in [2.75, 3.05) is 27.3 Å². The van der Waals surface area contributed by atoms with E-state index >= 15 is 0 Å². The number of hydrogen-bond donors (Lipinski definition) is 1. The SMILES string of the molecule is COc1cc(C)c(C(=O)N2CCC(C)(C(=O)O)C2)cc1OC. The molecule has 1 heterocycles. The molecule has 2 rings (SSSR count). The van der Waals surface area contributed by atoms with E-state index in [9.17, 15) is 14.7 Å². The van der Waals surface area contributed by atoms with Crippen LogP contribution in [-0.2, 0) is 4.79 Å². The van der Waals surface area contributed by atoms with E-state index in [1.807, 2.05) is 6.92 Å². The van der Waals surface area contributed by atoms with Gasteiger partial charge in [0.25, 0.3) is 5.91 Å². The molecule has 1 aliphatic heterocycles. The molecule has 1 aromatic rings. The van der Waals surface area contributed by atoms with Crippen LogP contribution in [0, 0.1) is 12.3 Å². The minimum absolute atomic E-state index is 0.177. The summed E-state index contributed by atoms with van der Waals surface area (Å²) in [6, 6.07) is 3.39. The smallest absolute Gasteiger partial charge is 0.311 e. The van der Waals surface area contributed by atoms with Gasteiger partial charge in [0, 0.05) is 18.7 Å². The molecule has 1 fully saturated rings. The molecule has 6 heteroatoms. The molecule has 0 aromatic heterocycles. The van der Waals surface area contributed by atoms with Crippen LogP contribution in [0.4, 0.5) is 0 Å². The van der Waals surface area contributed by atoms with Crippen LogP contribution >= 0.6 is 0 Å². The molecule has 1 N–H and O–H groups in total. The molecule has 120 valence electrons.